The molecule has 0 radical (unpaired) electrons. The van der Waals surface area contributed by atoms with Gasteiger partial charge in [-0.3, -0.25) is 0 Å². The van der Waals surface area contributed by atoms with Gasteiger partial charge in [0.2, 0.25) is 0 Å². The summed E-state index contributed by atoms with van der Waals surface area (Å²) in [6.45, 7) is 8.85. The molecule has 1 fully saturated rings. The number of hydrogen-bond acceptors (Lipinski definition) is 4. The Morgan fingerprint density at radius 3 is 2.78 bits per heavy atom. The number of benzene rings is 1. The monoisotopic (exact) mass is 248 g/mol. The molecule has 1 saturated heterocycles. The van der Waals surface area contributed by atoms with Gasteiger partial charge in [-0.1, -0.05) is 6.07 Å². The molecule has 0 amide bonds. The summed E-state index contributed by atoms with van der Waals surface area (Å²) in [7, 11) is 0. The lowest BCUT2D eigenvalue weighted by molar-refractivity contribution is 0.104. The van der Waals surface area contributed by atoms with Crippen molar-refractivity contribution in [3.8, 4) is 11.5 Å². The van der Waals surface area contributed by atoms with Crippen LogP contribution in [0.5, 0.6) is 11.5 Å². The smallest absolute Gasteiger partial charge is 0.185 e. The second kappa shape index (κ2) is 4.69. The third kappa shape index (κ3) is 2.01. The van der Waals surface area contributed by atoms with E-state index < -0.39 is 0 Å². The predicted molar refractivity (Wildman–Crippen MR) is 71.8 cm³/mol. The van der Waals surface area contributed by atoms with Crippen LogP contribution in [0.25, 0.3) is 0 Å². The summed E-state index contributed by atoms with van der Waals surface area (Å²) in [5.74, 6) is 1.85. The molecular formula is C14H20N2O2. The average molecular weight is 248 g/mol. The van der Waals surface area contributed by atoms with E-state index in [0.717, 1.165) is 43.2 Å². The van der Waals surface area contributed by atoms with Crippen molar-refractivity contribution in [2.45, 2.75) is 20.0 Å². The van der Waals surface area contributed by atoms with Crippen LogP contribution >= 0.6 is 0 Å². The number of hydrogen-bond donors (Lipinski definition) is 1. The highest BCUT2D eigenvalue weighted by molar-refractivity contribution is 5.67. The van der Waals surface area contributed by atoms with Gasteiger partial charge in [0.25, 0.3) is 0 Å². The van der Waals surface area contributed by atoms with Gasteiger partial charge in [0, 0.05) is 26.2 Å². The van der Waals surface area contributed by atoms with Crippen LogP contribution in [-0.2, 0) is 0 Å². The lowest BCUT2D eigenvalue weighted by atomic mass is 10.1. The molecule has 0 saturated carbocycles. The van der Waals surface area contributed by atoms with E-state index in [0.29, 0.717) is 6.61 Å². The Morgan fingerprint density at radius 2 is 2.00 bits per heavy atom. The predicted octanol–water partition coefficient (Wildman–Crippen LogP) is 1.56. The van der Waals surface area contributed by atoms with Crippen LogP contribution in [0.3, 0.4) is 0 Å². The molecule has 0 aromatic heterocycles. The molecular weight excluding hydrogens is 228 g/mol. The van der Waals surface area contributed by atoms with Gasteiger partial charge in [-0.25, -0.2) is 0 Å². The minimum absolute atomic E-state index is 0.126. The SMILES string of the molecule is Cc1ccc(N2CCNCC2)c2c1OCC(C)O2. The number of fused-ring (bicyclic) bond motifs is 1. The Kier molecular flexibility index (Phi) is 3.04. The fourth-order valence-corrected chi connectivity index (χ4v) is 2.53. The molecule has 0 bridgehead atoms. The molecule has 0 spiro atoms. The molecule has 3 rings (SSSR count). The van der Waals surface area contributed by atoms with Crippen molar-refractivity contribution in [1.82, 2.24) is 5.32 Å². The summed E-state index contributed by atoms with van der Waals surface area (Å²) in [4.78, 5) is 2.37. The second-order valence-electron chi connectivity index (χ2n) is 5.04. The first-order valence-electron chi connectivity index (χ1n) is 6.64. The highest BCUT2D eigenvalue weighted by Crippen LogP contribution is 2.43. The number of piperazine rings is 1. The first kappa shape index (κ1) is 11.7. The standard InChI is InChI=1S/C14H20N2O2/c1-10-3-4-12(16-7-5-15-6-8-16)14-13(10)17-9-11(2)18-14/h3-4,11,15H,5-9H2,1-2H3. The van der Waals surface area contributed by atoms with Crippen molar-refractivity contribution in [1.29, 1.82) is 0 Å². The molecule has 1 aromatic rings. The van der Waals surface area contributed by atoms with Crippen LogP contribution in [0, 0.1) is 6.92 Å². The molecule has 0 aliphatic carbocycles. The van der Waals surface area contributed by atoms with Crippen molar-refractivity contribution in [2.24, 2.45) is 0 Å². The van der Waals surface area contributed by atoms with E-state index in [1.165, 1.54) is 5.69 Å². The Morgan fingerprint density at radius 1 is 1.22 bits per heavy atom. The van der Waals surface area contributed by atoms with Crippen LogP contribution in [0.2, 0.25) is 0 Å². The highest BCUT2D eigenvalue weighted by atomic mass is 16.6. The number of rotatable bonds is 1. The topological polar surface area (TPSA) is 33.7 Å². The molecule has 18 heavy (non-hydrogen) atoms. The summed E-state index contributed by atoms with van der Waals surface area (Å²) in [5.41, 5.74) is 2.32. The molecule has 98 valence electrons. The Bertz CT molecular complexity index is 442. The lowest BCUT2D eigenvalue weighted by Gasteiger charge is -2.34. The van der Waals surface area contributed by atoms with E-state index in [1.807, 2.05) is 6.92 Å². The zero-order valence-corrected chi connectivity index (χ0v) is 11.0. The zero-order chi connectivity index (χ0) is 12.5. The molecule has 1 aromatic carbocycles. The van der Waals surface area contributed by atoms with Crippen LogP contribution < -0.4 is 19.7 Å². The van der Waals surface area contributed by atoms with Crippen LogP contribution in [-0.4, -0.2) is 38.9 Å². The minimum atomic E-state index is 0.126. The van der Waals surface area contributed by atoms with Crippen molar-refractivity contribution >= 4 is 5.69 Å². The van der Waals surface area contributed by atoms with Crippen molar-refractivity contribution in [3.63, 3.8) is 0 Å². The van der Waals surface area contributed by atoms with E-state index in [2.05, 4.69) is 29.3 Å². The van der Waals surface area contributed by atoms with Gasteiger partial charge in [-0.2, -0.15) is 0 Å². The Labute approximate surface area is 108 Å². The highest BCUT2D eigenvalue weighted by Gasteiger charge is 2.25. The first-order chi connectivity index (χ1) is 8.75. The number of ether oxygens (including phenoxy) is 2. The largest absolute Gasteiger partial charge is 0.485 e. The Balaban J connectivity index is 1.98. The molecule has 2 aliphatic heterocycles. The third-order valence-corrected chi connectivity index (χ3v) is 3.53. The summed E-state index contributed by atoms with van der Waals surface area (Å²) >= 11 is 0. The van der Waals surface area contributed by atoms with Crippen LogP contribution in [0.4, 0.5) is 5.69 Å². The van der Waals surface area contributed by atoms with Gasteiger partial charge < -0.3 is 19.7 Å². The fourth-order valence-electron chi connectivity index (χ4n) is 2.53. The molecule has 4 heteroatoms. The van der Waals surface area contributed by atoms with Crippen LogP contribution in [0.1, 0.15) is 12.5 Å². The van der Waals surface area contributed by atoms with E-state index in [4.69, 9.17) is 9.47 Å². The van der Waals surface area contributed by atoms with Crippen molar-refractivity contribution in [3.05, 3.63) is 17.7 Å². The van der Waals surface area contributed by atoms with E-state index >= 15 is 0 Å². The number of aryl methyl sites for hydroxylation is 1. The average Bonchev–Trinajstić information content (AvgIpc) is 2.40. The molecule has 2 heterocycles. The second-order valence-corrected chi connectivity index (χ2v) is 5.04. The van der Waals surface area contributed by atoms with E-state index in [1.54, 1.807) is 0 Å². The first-order valence-corrected chi connectivity index (χ1v) is 6.64. The quantitative estimate of drug-likeness (QED) is 0.818. The molecule has 2 aliphatic rings. The fraction of sp³-hybridized carbons (Fsp3) is 0.571. The number of nitrogens with one attached hydrogen (secondary N) is 1. The van der Waals surface area contributed by atoms with Crippen LogP contribution in [0.15, 0.2) is 12.1 Å². The third-order valence-electron chi connectivity index (χ3n) is 3.53. The minimum Gasteiger partial charge on any atom is -0.485 e. The normalized spacial score (nSPS) is 23.0. The summed E-state index contributed by atoms with van der Waals surface area (Å²) in [5, 5.41) is 3.37. The lowest BCUT2D eigenvalue weighted by Crippen LogP contribution is -2.44. The summed E-state index contributed by atoms with van der Waals surface area (Å²) in [6.07, 6.45) is 0.126. The van der Waals surface area contributed by atoms with E-state index in [9.17, 15) is 0 Å². The van der Waals surface area contributed by atoms with Gasteiger partial charge in [-0.05, 0) is 25.5 Å². The van der Waals surface area contributed by atoms with Gasteiger partial charge in [0.1, 0.15) is 12.7 Å². The van der Waals surface area contributed by atoms with Gasteiger partial charge in [0.05, 0.1) is 5.69 Å². The molecule has 1 N–H and O–H groups in total. The Hall–Kier alpha value is -1.42. The zero-order valence-electron chi connectivity index (χ0n) is 11.0. The number of anilines is 1. The van der Waals surface area contributed by atoms with Gasteiger partial charge in [-0.15, -0.1) is 0 Å². The van der Waals surface area contributed by atoms with Crippen molar-refractivity contribution in [2.75, 3.05) is 37.7 Å². The van der Waals surface area contributed by atoms with Crippen molar-refractivity contribution < 1.29 is 9.47 Å². The number of nitrogens with zero attached hydrogens (tertiary/aromatic N) is 1. The maximum Gasteiger partial charge on any atom is 0.185 e. The summed E-state index contributed by atoms with van der Waals surface area (Å²) < 4.78 is 11.8. The van der Waals surface area contributed by atoms with E-state index in [-0.39, 0.29) is 6.10 Å². The maximum atomic E-state index is 6.01. The molecule has 1 unspecified atom stereocenters. The molecule has 1 atom stereocenters. The summed E-state index contributed by atoms with van der Waals surface area (Å²) in [6, 6.07) is 4.27. The molecule has 4 nitrogen and oxygen atoms in total. The maximum absolute atomic E-state index is 6.01. The van der Waals surface area contributed by atoms with Gasteiger partial charge in [0.15, 0.2) is 11.5 Å². The van der Waals surface area contributed by atoms with Gasteiger partial charge >= 0.3 is 0 Å².